The molecule has 0 unspecified atom stereocenters. The number of ether oxygens (including phenoxy) is 1. The highest BCUT2D eigenvalue weighted by atomic mass is 79.9. The summed E-state index contributed by atoms with van der Waals surface area (Å²) in [5.41, 5.74) is 0.641. The van der Waals surface area contributed by atoms with Crippen LogP contribution in [0.1, 0.15) is 12.5 Å². The van der Waals surface area contributed by atoms with E-state index in [0.29, 0.717) is 10.0 Å². The third-order valence-electron chi connectivity index (χ3n) is 1.72. The zero-order valence-corrected chi connectivity index (χ0v) is 9.52. The number of ketones is 1. The van der Waals surface area contributed by atoms with Crippen LogP contribution < -0.4 is 4.74 Å². The van der Waals surface area contributed by atoms with E-state index in [-0.39, 0.29) is 18.0 Å². The lowest BCUT2D eigenvalue weighted by Gasteiger charge is -2.06. The third-order valence-corrected chi connectivity index (χ3v) is 2.30. The van der Waals surface area contributed by atoms with Gasteiger partial charge in [0.1, 0.15) is 5.78 Å². The smallest absolute Gasteiger partial charge is 0.168 e. The van der Waals surface area contributed by atoms with Crippen molar-refractivity contribution in [1.82, 2.24) is 0 Å². The third kappa shape index (κ3) is 2.54. The van der Waals surface area contributed by atoms with Crippen molar-refractivity contribution in [2.75, 3.05) is 7.11 Å². The Kier molecular flexibility index (Phi) is 3.63. The minimum absolute atomic E-state index is 0.00136. The fourth-order valence-electron chi connectivity index (χ4n) is 1.20. The number of Topliss-reactive ketones (excluding diaryl/α,β-unsaturated/α-hetero) is 1. The number of rotatable bonds is 3. The van der Waals surface area contributed by atoms with Crippen LogP contribution in [0.4, 0.5) is 4.39 Å². The molecule has 0 radical (unpaired) electrons. The maximum Gasteiger partial charge on any atom is 0.168 e. The first-order valence-corrected chi connectivity index (χ1v) is 4.85. The maximum atomic E-state index is 13.3. The van der Waals surface area contributed by atoms with Crippen LogP contribution in [0.5, 0.6) is 5.75 Å². The van der Waals surface area contributed by atoms with E-state index in [4.69, 9.17) is 4.74 Å². The highest BCUT2D eigenvalue weighted by molar-refractivity contribution is 9.10. The Labute approximate surface area is 90.2 Å². The monoisotopic (exact) mass is 260 g/mol. The number of methoxy groups -OCH3 is 1. The lowest BCUT2D eigenvalue weighted by Crippen LogP contribution is -1.98. The molecule has 14 heavy (non-hydrogen) atoms. The molecule has 0 N–H and O–H groups in total. The van der Waals surface area contributed by atoms with Crippen LogP contribution in [-0.2, 0) is 11.2 Å². The van der Waals surface area contributed by atoms with Gasteiger partial charge in [-0.1, -0.05) is 0 Å². The summed E-state index contributed by atoms with van der Waals surface area (Å²) >= 11 is 3.17. The number of carbonyl (C=O) groups excluding carboxylic acids is 1. The largest absolute Gasteiger partial charge is 0.492 e. The minimum Gasteiger partial charge on any atom is -0.492 e. The maximum absolute atomic E-state index is 13.3. The zero-order chi connectivity index (χ0) is 10.7. The standard InChI is InChI=1S/C10H10BrFO2/c1-6(13)3-7-4-8(11)10(14-2)9(12)5-7/h4-5H,3H2,1-2H3. The van der Waals surface area contributed by atoms with Crippen LogP contribution >= 0.6 is 15.9 Å². The number of benzene rings is 1. The average Bonchev–Trinajstić information content (AvgIpc) is 2.01. The van der Waals surface area contributed by atoms with Gasteiger partial charge in [0.05, 0.1) is 11.6 Å². The SMILES string of the molecule is COc1c(F)cc(CC(C)=O)cc1Br. The molecule has 0 saturated heterocycles. The summed E-state index contributed by atoms with van der Waals surface area (Å²) in [7, 11) is 1.40. The molecule has 0 aromatic heterocycles. The zero-order valence-electron chi connectivity index (χ0n) is 7.93. The van der Waals surface area contributed by atoms with E-state index in [0.717, 1.165) is 0 Å². The van der Waals surface area contributed by atoms with E-state index < -0.39 is 5.82 Å². The van der Waals surface area contributed by atoms with Crippen molar-refractivity contribution in [2.24, 2.45) is 0 Å². The van der Waals surface area contributed by atoms with Crippen LogP contribution in [0.3, 0.4) is 0 Å². The Morgan fingerprint density at radius 1 is 1.57 bits per heavy atom. The number of carbonyl (C=O) groups is 1. The molecular formula is C10H10BrFO2. The van der Waals surface area contributed by atoms with Crippen molar-refractivity contribution in [3.05, 3.63) is 28.0 Å². The molecule has 0 bridgehead atoms. The molecule has 4 heteroatoms. The van der Waals surface area contributed by atoms with Crippen molar-refractivity contribution >= 4 is 21.7 Å². The highest BCUT2D eigenvalue weighted by Crippen LogP contribution is 2.29. The first-order valence-electron chi connectivity index (χ1n) is 4.06. The molecule has 1 aromatic carbocycles. The van der Waals surface area contributed by atoms with E-state index in [1.807, 2.05) is 0 Å². The van der Waals surface area contributed by atoms with Gasteiger partial charge < -0.3 is 4.74 Å². The van der Waals surface area contributed by atoms with Crippen molar-refractivity contribution in [3.8, 4) is 5.75 Å². The summed E-state index contributed by atoms with van der Waals surface area (Å²) in [4.78, 5) is 10.8. The van der Waals surface area contributed by atoms with Crippen LogP contribution in [0.25, 0.3) is 0 Å². The number of hydrogen-bond donors (Lipinski definition) is 0. The van der Waals surface area contributed by atoms with Crippen molar-refractivity contribution in [3.63, 3.8) is 0 Å². The molecule has 0 heterocycles. The van der Waals surface area contributed by atoms with Gasteiger partial charge in [0.15, 0.2) is 11.6 Å². The normalized spacial score (nSPS) is 10.0. The fraction of sp³-hybridized carbons (Fsp3) is 0.300. The van der Waals surface area contributed by atoms with E-state index >= 15 is 0 Å². The molecule has 0 aliphatic rings. The molecule has 1 rings (SSSR count). The molecule has 76 valence electrons. The summed E-state index contributed by atoms with van der Waals surface area (Å²) in [5, 5.41) is 0. The summed E-state index contributed by atoms with van der Waals surface area (Å²) in [6.45, 7) is 1.47. The fourth-order valence-corrected chi connectivity index (χ4v) is 1.84. The number of hydrogen-bond acceptors (Lipinski definition) is 2. The lowest BCUT2D eigenvalue weighted by atomic mass is 10.1. The van der Waals surface area contributed by atoms with Crippen molar-refractivity contribution < 1.29 is 13.9 Å². The molecule has 0 fully saturated rings. The van der Waals surface area contributed by atoms with Gasteiger partial charge in [-0.25, -0.2) is 4.39 Å². The van der Waals surface area contributed by atoms with Crippen molar-refractivity contribution in [1.29, 1.82) is 0 Å². The Hall–Kier alpha value is -0.900. The minimum atomic E-state index is -0.460. The first-order chi connectivity index (χ1) is 6.54. The predicted octanol–water partition coefficient (Wildman–Crippen LogP) is 2.73. The van der Waals surface area contributed by atoms with Gasteiger partial charge in [-0.2, -0.15) is 0 Å². The van der Waals surface area contributed by atoms with Gasteiger partial charge in [-0.3, -0.25) is 4.79 Å². The molecule has 0 saturated carbocycles. The second kappa shape index (κ2) is 4.55. The summed E-state index contributed by atoms with van der Waals surface area (Å²) in [6, 6.07) is 2.99. The number of halogens is 2. The van der Waals surface area contributed by atoms with E-state index in [2.05, 4.69) is 15.9 Å². The second-order valence-corrected chi connectivity index (χ2v) is 3.83. The molecular weight excluding hydrogens is 251 g/mol. The first kappa shape index (κ1) is 11.2. The Balaban J connectivity index is 3.07. The van der Waals surface area contributed by atoms with Gasteiger partial charge in [-0.15, -0.1) is 0 Å². The summed E-state index contributed by atoms with van der Waals surface area (Å²) in [5.74, 6) is -0.295. The predicted molar refractivity (Wildman–Crippen MR) is 55.0 cm³/mol. The molecule has 0 aliphatic heterocycles. The van der Waals surface area contributed by atoms with E-state index in [9.17, 15) is 9.18 Å². The van der Waals surface area contributed by atoms with Gasteiger partial charge in [0, 0.05) is 6.42 Å². The summed E-state index contributed by atoms with van der Waals surface area (Å²) < 4.78 is 18.6. The Morgan fingerprint density at radius 3 is 2.64 bits per heavy atom. The van der Waals surface area contributed by atoms with Gasteiger partial charge in [0.2, 0.25) is 0 Å². The van der Waals surface area contributed by atoms with Crippen LogP contribution in [0, 0.1) is 5.82 Å². The van der Waals surface area contributed by atoms with Gasteiger partial charge >= 0.3 is 0 Å². The topological polar surface area (TPSA) is 26.3 Å². The Bertz CT molecular complexity index is 340. The van der Waals surface area contributed by atoms with Gasteiger partial charge in [0.25, 0.3) is 0 Å². The molecule has 0 amide bonds. The summed E-state index contributed by atoms with van der Waals surface area (Å²) in [6.07, 6.45) is 0.236. The highest BCUT2D eigenvalue weighted by Gasteiger charge is 2.10. The molecule has 1 aromatic rings. The molecule has 0 atom stereocenters. The van der Waals surface area contributed by atoms with E-state index in [1.54, 1.807) is 6.07 Å². The van der Waals surface area contributed by atoms with Gasteiger partial charge in [-0.05, 0) is 40.5 Å². The lowest BCUT2D eigenvalue weighted by molar-refractivity contribution is -0.116. The molecule has 2 nitrogen and oxygen atoms in total. The van der Waals surface area contributed by atoms with E-state index in [1.165, 1.54) is 20.1 Å². The Morgan fingerprint density at radius 2 is 2.21 bits per heavy atom. The quantitative estimate of drug-likeness (QED) is 0.836. The average molecular weight is 261 g/mol. The molecule has 0 spiro atoms. The second-order valence-electron chi connectivity index (χ2n) is 2.97. The van der Waals surface area contributed by atoms with Crippen molar-refractivity contribution in [2.45, 2.75) is 13.3 Å². The van der Waals surface area contributed by atoms with Crippen LogP contribution in [0.15, 0.2) is 16.6 Å². The van der Waals surface area contributed by atoms with Crippen LogP contribution in [-0.4, -0.2) is 12.9 Å². The van der Waals surface area contributed by atoms with Crippen LogP contribution in [0.2, 0.25) is 0 Å². The molecule has 0 aliphatic carbocycles.